The summed E-state index contributed by atoms with van der Waals surface area (Å²) in [5, 5.41) is 11.7. The summed E-state index contributed by atoms with van der Waals surface area (Å²) in [4.78, 5) is 11.3. The van der Waals surface area contributed by atoms with E-state index in [1.54, 1.807) is 0 Å². The summed E-state index contributed by atoms with van der Waals surface area (Å²) in [6.07, 6.45) is 0.763. The van der Waals surface area contributed by atoms with Gasteiger partial charge in [0.25, 0.3) is 0 Å². The van der Waals surface area contributed by atoms with E-state index in [9.17, 15) is 4.79 Å². The van der Waals surface area contributed by atoms with E-state index in [2.05, 4.69) is 5.32 Å². The van der Waals surface area contributed by atoms with Crippen molar-refractivity contribution >= 4 is 5.91 Å². The molecule has 5 heteroatoms. The number of ether oxygens (including phenoxy) is 1. The van der Waals surface area contributed by atoms with Crippen molar-refractivity contribution in [2.24, 2.45) is 11.7 Å². The highest BCUT2D eigenvalue weighted by molar-refractivity contribution is 5.77. The largest absolute Gasteiger partial charge is 0.394 e. The first-order valence-corrected chi connectivity index (χ1v) is 5.28. The van der Waals surface area contributed by atoms with Gasteiger partial charge in [0.1, 0.15) is 6.61 Å². The first-order chi connectivity index (χ1) is 7.10. The second kappa shape index (κ2) is 8.64. The Balaban J connectivity index is 3.70. The lowest BCUT2D eigenvalue weighted by molar-refractivity contribution is -0.126. The van der Waals surface area contributed by atoms with E-state index in [1.165, 1.54) is 0 Å². The zero-order valence-electron chi connectivity index (χ0n) is 9.53. The molecule has 0 spiro atoms. The lowest BCUT2D eigenvalue weighted by Crippen LogP contribution is -2.40. The first kappa shape index (κ1) is 14.3. The number of nitrogens with two attached hydrogens (primary N) is 1. The van der Waals surface area contributed by atoms with Gasteiger partial charge in [-0.15, -0.1) is 0 Å². The molecule has 1 amide bonds. The Kier molecular flexibility index (Phi) is 8.27. The van der Waals surface area contributed by atoms with Gasteiger partial charge in [-0.05, 0) is 12.3 Å². The summed E-state index contributed by atoms with van der Waals surface area (Å²) >= 11 is 0. The molecule has 0 rings (SSSR count). The maximum Gasteiger partial charge on any atom is 0.246 e. The summed E-state index contributed by atoms with van der Waals surface area (Å²) in [7, 11) is 0. The Bertz CT molecular complexity index is 174. The van der Waals surface area contributed by atoms with Crippen LogP contribution < -0.4 is 11.1 Å². The monoisotopic (exact) mass is 218 g/mol. The van der Waals surface area contributed by atoms with Crippen LogP contribution in [0.4, 0.5) is 0 Å². The van der Waals surface area contributed by atoms with Gasteiger partial charge in [0.15, 0.2) is 0 Å². The average Bonchev–Trinajstić information content (AvgIpc) is 2.16. The lowest BCUT2D eigenvalue weighted by atomic mass is 10.0. The van der Waals surface area contributed by atoms with E-state index in [1.807, 2.05) is 13.8 Å². The molecule has 0 aromatic rings. The van der Waals surface area contributed by atoms with Crippen LogP contribution in [0.25, 0.3) is 0 Å². The summed E-state index contributed by atoms with van der Waals surface area (Å²) in [6.45, 7) is 4.83. The topological polar surface area (TPSA) is 84.6 Å². The molecule has 90 valence electrons. The molecule has 0 heterocycles. The molecule has 0 saturated carbocycles. The molecule has 0 aliphatic heterocycles. The van der Waals surface area contributed by atoms with E-state index in [-0.39, 0.29) is 25.2 Å². The van der Waals surface area contributed by atoms with Crippen molar-refractivity contribution in [3.63, 3.8) is 0 Å². The Morgan fingerprint density at radius 1 is 1.53 bits per heavy atom. The molecule has 1 atom stereocenters. The fourth-order valence-electron chi connectivity index (χ4n) is 1.27. The molecular formula is C10H22N2O3. The standard InChI is InChI=1S/C10H22N2O3/c1-8(2)5-9(6-13)12-10(14)7-15-4-3-11/h8-9,13H,3-7,11H2,1-2H3,(H,12,14). The van der Waals surface area contributed by atoms with Crippen molar-refractivity contribution in [1.29, 1.82) is 0 Å². The Hall–Kier alpha value is -0.650. The number of hydrogen-bond acceptors (Lipinski definition) is 4. The third kappa shape index (κ3) is 8.35. The van der Waals surface area contributed by atoms with Gasteiger partial charge in [0.2, 0.25) is 5.91 Å². The number of nitrogens with one attached hydrogen (secondary N) is 1. The van der Waals surface area contributed by atoms with Gasteiger partial charge < -0.3 is 20.9 Å². The quantitative estimate of drug-likeness (QED) is 0.479. The van der Waals surface area contributed by atoms with Gasteiger partial charge in [0, 0.05) is 6.54 Å². The number of aliphatic hydroxyl groups is 1. The van der Waals surface area contributed by atoms with Crippen LogP contribution in [0, 0.1) is 5.92 Å². The van der Waals surface area contributed by atoms with Crippen LogP contribution in [0.3, 0.4) is 0 Å². The number of rotatable bonds is 8. The van der Waals surface area contributed by atoms with Crippen molar-refractivity contribution in [2.45, 2.75) is 26.3 Å². The van der Waals surface area contributed by atoms with Crippen LogP contribution in [-0.2, 0) is 9.53 Å². The lowest BCUT2D eigenvalue weighted by Gasteiger charge is -2.18. The number of hydrogen-bond donors (Lipinski definition) is 3. The second-order valence-corrected chi connectivity index (χ2v) is 3.92. The van der Waals surface area contributed by atoms with Crippen LogP contribution >= 0.6 is 0 Å². The summed E-state index contributed by atoms with van der Waals surface area (Å²) in [5.41, 5.74) is 5.21. The molecular weight excluding hydrogens is 196 g/mol. The van der Waals surface area contributed by atoms with Crippen molar-refractivity contribution in [3.05, 3.63) is 0 Å². The van der Waals surface area contributed by atoms with Gasteiger partial charge in [0.05, 0.1) is 19.3 Å². The molecule has 15 heavy (non-hydrogen) atoms. The minimum Gasteiger partial charge on any atom is -0.394 e. The maximum atomic E-state index is 11.3. The van der Waals surface area contributed by atoms with E-state index in [0.717, 1.165) is 6.42 Å². The molecule has 1 unspecified atom stereocenters. The van der Waals surface area contributed by atoms with E-state index in [0.29, 0.717) is 19.1 Å². The minimum absolute atomic E-state index is 0.00575. The zero-order chi connectivity index (χ0) is 11.7. The van der Waals surface area contributed by atoms with Gasteiger partial charge in [-0.3, -0.25) is 4.79 Å². The van der Waals surface area contributed by atoms with Crippen LogP contribution in [0.15, 0.2) is 0 Å². The molecule has 0 aliphatic rings. The van der Waals surface area contributed by atoms with E-state index in [4.69, 9.17) is 15.6 Å². The van der Waals surface area contributed by atoms with Crippen molar-refractivity contribution in [1.82, 2.24) is 5.32 Å². The molecule has 0 aliphatic carbocycles. The van der Waals surface area contributed by atoms with E-state index >= 15 is 0 Å². The van der Waals surface area contributed by atoms with Gasteiger partial charge >= 0.3 is 0 Å². The predicted octanol–water partition coefficient (Wildman–Crippen LogP) is -0.515. The highest BCUT2D eigenvalue weighted by atomic mass is 16.5. The smallest absolute Gasteiger partial charge is 0.246 e. The summed E-state index contributed by atoms with van der Waals surface area (Å²) < 4.78 is 4.98. The molecule has 0 bridgehead atoms. The van der Waals surface area contributed by atoms with Crippen LogP contribution in [-0.4, -0.2) is 43.4 Å². The van der Waals surface area contributed by atoms with E-state index < -0.39 is 0 Å². The molecule has 0 aromatic carbocycles. The molecule has 0 aromatic heterocycles. The first-order valence-electron chi connectivity index (χ1n) is 5.28. The Morgan fingerprint density at radius 3 is 2.67 bits per heavy atom. The fourth-order valence-corrected chi connectivity index (χ4v) is 1.27. The van der Waals surface area contributed by atoms with Gasteiger partial charge in [-0.2, -0.15) is 0 Å². The normalized spacial score (nSPS) is 12.9. The summed E-state index contributed by atoms with van der Waals surface area (Å²) in [5.74, 6) is 0.232. The molecule has 0 saturated heterocycles. The highest BCUT2D eigenvalue weighted by Gasteiger charge is 2.12. The SMILES string of the molecule is CC(C)CC(CO)NC(=O)COCCN. The van der Waals surface area contributed by atoms with Crippen LogP contribution in [0.2, 0.25) is 0 Å². The zero-order valence-corrected chi connectivity index (χ0v) is 9.53. The van der Waals surface area contributed by atoms with Crippen molar-refractivity contribution < 1.29 is 14.6 Å². The molecule has 0 radical (unpaired) electrons. The third-order valence-electron chi connectivity index (χ3n) is 1.84. The maximum absolute atomic E-state index is 11.3. The van der Waals surface area contributed by atoms with Gasteiger partial charge in [-0.25, -0.2) is 0 Å². The Morgan fingerprint density at radius 2 is 2.20 bits per heavy atom. The number of aliphatic hydroxyl groups excluding tert-OH is 1. The average molecular weight is 218 g/mol. The molecule has 4 N–H and O–H groups in total. The second-order valence-electron chi connectivity index (χ2n) is 3.92. The van der Waals surface area contributed by atoms with Crippen LogP contribution in [0.5, 0.6) is 0 Å². The summed E-state index contributed by atoms with van der Waals surface area (Å²) in [6, 6.07) is -0.182. The predicted molar refractivity (Wildman–Crippen MR) is 58.3 cm³/mol. The third-order valence-corrected chi connectivity index (χ3v) is 1.84. The Labute approximate surface area is 91.0 Å². The van der Waals surface area contributed by atoms with Crippen molar-refractivity contribution in [2.75, 3.05) is 26.4 Å². The van der Waals surface area contributed by atoms with Crippen molar-refractivity contribution in [3.8, 4) is 0 Å². The molecule has 0 fully saturated rings. The highest BCUT2D eigenvalue weighted by Crippen LogP contribution is 2.03. The minimum atomic E-state index is -0.205. The number of amides is 1. The fraction of sp³-hybridized carbons (Fsp3) is 0.900. The molecule has 5 nitrogen and oxygen atoms in total. The van der Waals surface area contributed by atoms with Crippen LogP contribution in [0.1, 0.15) is 20.3 Å². The number of carbonyl (C=O) groups is 1. The van der Waals surface area contributed by atoms with Gasteiger partial charge in [-0.1, -0.05) is 13.8 Å². The number of carbonyl (C=O) groups excluding carboxylic acids is 1.